The highest BCUT2D eigenvalue weighted by Crippen LogP contribution is 2.19. The van der Waals surface area contributed by atoms with Crippen LogP contribution in [0.4, 0.5) is 4.79 Å². The van der Waals surface area contributed by atoms with Crippen molar-refractivity contribution in [2.24, 2.45) is 0 Å². The number of morpholine rings is 1. The van der Waals surface area contributed by atoms with Crippen LogP contribution in [0, 0.1) is 0 Å². The molecule has 134 valence electrons. The van der Waals surface area contributed by atoms with Crippen LogP contribution in [0.3, 0.4) is 0 Å². The summed E-state index contributed by atoms with van der Waals surface area (Å²) in [7, 11) is 0. The predicted octanol–water partition coefficient (Wildman–Crippen LogP) is 1.86. The molecule has 1 atom stereocenters. The van der Waals surface area contributed by atoms with E-state index in [1.807, 2.05) is 37.3 Å². The summed E-state index contributed by atoms with van der Waals surface area (Å²) in [6, 6.07) is 9.58. The van der Waals surface area contributed by atoms with Gasteiger partial charge in [-0.3, -0.25) is 4.90 Å². The van der Waals surface area contributed by atoms with Gasteiger partial charge in [0.15, 0.2) is 5.76 Å². The van der Waals surface area contributed by atoms with Gasteiger partial charge in [-0.1, -0.05) is 30.3 Å². The van der Waals surface area contributed by atoms with Crippen molar-refractivity contribution in [2.75, 3.05) is 32.8 Å². The summed E-state index contributed by atoms with van der Waals surface area (Å²) < 4.78 is 11.0. The van der Waals surface area contributed by atoms with Crippen LogP contribution in [0.1, 0.15) is 12.8 Å². The number of carbonyl (C=O) groups is 1. The molecule has 7 nitrogen and oxygen atoms in total. The number of urea groups is 1. The molecule has 1 aliphatic rings. The Hall–Kier alpha value is -2.38. The number of aromatic nitrogens is 1. The molecule has 3 rings (SSSR count). The highest BCUT2D eigenvalue weighted by molar-refractivity contribution is 5.74. The smallest absolute Gasteiger partial charge is 0.315 e. The molecule has 2 N–H and O–H groups in total. The van der Waals surface area contributed by atoms with E-state index in [1.165, 1.54) is 0 Å². The van der Waals surface area contributed by atoms with Crippen molar-refractivity contribution in [3.05, 3.63) is 42.4 Å². The van der Waals surface area contributed by atoms with Gasteiger partial charge in [-0.05, 0) is 6.92 Å². The molecule has 0 aliphatic carbocycles. The quantitative estimate of drug-likeness (QED) is 0.836. The third kappa shape index (κ3) is 5.30. The fourth-order valence-electron chi connectivity index (χ4n) is 2.78. The minimum Gasteiger partial charge on any atom is -0.439 e. The van der Waals surface area contributed by atoms with Gasteiger partial charge < -0.3 is 19.8 Å². The normalized spacial score (nSPS) is 16.4. The molecule has 1 aromatic carbocycles. The van der Waals surface area contributed by atoms with Gasteiger partial charge in [0.05, 0.1) is 26.0 Å². The summed E-state index contributed by atoms with van der Waals surface area (Å²) in [5, 5.41) is 5.72. The van der Waals surface area contributed by atoms with Crippen molar-refractivity contribution in [2.45, 2.75) is 19.5 Å². The number of hydrogen-bond donors (Lipinski definition) is 2. The maximum atomic E-state index is 12.0. The molecule has 2 heterocycles. The third-order valence-electron chi connectivity index (χ3n) is 4.03. The lowest BCUT2D eigenvalue weighted by Crippen LogP contribution is -2.48. The fraction of sp³-hybridized carbons (Fsp3) is 0.444. The highest BCUT2D eigenvalue weighted by atomic mass is 16.5. The number of hydrogen-bond acceptors (Lipinski definition) is 5. The lowest BCUT2D eigenvalue weighted by molar-refractivity contribution is 0.0349. The van der Waals surface area contributed by atoms with E-state index in [9.17, 15) is 4.79 Å². The van der Waals surface area contributed by atoms with Crippen LogP contribution in [0.15, 0.2) is 40.9 Å². The second kappa shape index (κ2) is 8.64. The zero-order valence-corrected chi connectivity index (χ0v) is 14.4. The van der Waals surface area contributed by atoms with Gasteiger partial charge in [-0.15, -0.1) is 0 Å². The molecule has 0 saturated carbocycles. The summed E-state index contributed by atoms with van der Waals surface area (Å²) in [6.07, 6.45) is 1.67. The molecular weight excluding hydrogens is 320 g/mol. The molecule has 7 heteroatoms. The summed E-state index contributed by atoms with van der Waals surface area (Å²) in [5.41, 5.74) is 0.963. The van der Waals surface area contributed by atoms with E-state index < -0.39 is 0 Å². The van der Waals surface area contributed by atoms with Gasteiger partial charge in [0.1, 0.15) is 0 Å². The van der Waals surface area contributed by atoms with Crippen LogP contribution < -0.4 is 10.6 Å². The Balaban J connectivity index is 1.42. The zero-order chi connectivity index (χ0) is 17.5. The molecule has 25 heavy (non-hydrogen) atoms. The number of benzene rings is 1. The lowest BCUT2D eigenvalue weighted by atomic mass is 10.2. The Labute approximate surface area is 147 Å². The number of nitrogens with one attached hydrogen (secondary N) is 2. The molecule has 0 spiro atoms. The molecule has 0 radical (unpaired) electrons. The van der Waals surface area contributed by atoms with Crippen LogP contribution in [0.25, 0.3) is 11.3 Å². The standard InChI is InChI=1S/C18H24N4O3/c1-14(13-22-7-9-24-10-8-22)21-18(23)20-12-17-19-11-16(25-17)15-5-3-2-4-6-15/h2-6,11,14H,7-10,12-13H2,1H3,(H2,20,21,23). The average Bonchev–Trinajstić information content (AvgIpc) is 3.10. The number of amides is 2. The SMILES string of the molecule is CC(CN1CCOCC1)NC(=O)NCc1ncc(-c2ccccc2)o1. The molecule has 2 amide bonds. The Bertz CT molecular complexity index is 668. The van der Waals surface area contributed by atoms with Crippen LogP contribution in [0.2, 0.25) is 0 Å². The summed E-state index contributed by atoms with van der Waals surface area (Å²) in [6.45, 7) is 6.39. The first-order valence-electron chi connectivity index (χ1n) is 8.55. The first-order valence-corrected chi connectivity index (χ1v) is 8.55. The summed E-state index contributed by atoms with van der Waals surface area (Å²) >= 11 is 0. The van der Waals surface area contributed by atoms with Gasteiger partial charge in [0.25, 0.3) is 0 Å². The zero-order valence-electron chi connectivity index (χ0n) is 14.4. The van der Waals surface area contributed by atoms with Crippen LogP contribution in [-0.2, 0) is 11.3 Å². The fourth-order valence-corrected chi connectivity index (χ4v) is 2.78. The Morgan fingerprint density at radius 2 is 2.04 bits per heavy atom. The van der Waals surface area contributed by atoms with Gasteiger partial charge >= 0.3 is 6.03 Å². The van der Waals surface area contributed by atoms with Crippen molar-refractivity contribution in [1.29, 1.82) is 0 Å². The topological polar surface area (TPSA) is 79.6 Å². The van der Waals surface area contributed by atoms with Gasteiger partial charge in [-0.2, -0.15) is 0 Å². The second-order valence-electron chi connectivity index (χ2n) is 6.13. The largest absolute Gasteiger partial charge is 0.439 e. The van der Waals surface area contributed by atoms with E-state index in [-0.39, 0.29) is 18.6 Å². The predicted molar refractivity (Wildman–Crippen MR) is 94.0 cm³/mol. The van der Waals surface area contributed by atoms with E-state index in [2.05, 4.69) is 20.5 Å². The van der Waals surface area contributed by atoms with Crippen molar-refractivity contribution in [1.82, 2.24) is 20.5 Å². The van der Waals surface area contributed by atoms with E-state index in [0.29, 0.717) is 11.7 Å². The molecule has 1 aromatic heterocycles. The van der Waals surface area contributed by atoms with E-state index in [1.54, 1.807) is 6.20 Å². The van der Waals surface area contributed by atoms with Crippen molar-refractivity contribution in [3.8, 4) is 11.3 Å². The molecule has 1 fully saturated rings. The van der Waals surface area contributed by atoms with E-state index in [4.69, 9.17) is 9.15 Å². The van der Waals surface area contributed by atoms with Gasteiger partial charge in [-0.25, -0.2) is 9.78 Å². The lowest BCUT2D eigenvalue weighted by Gasteiger charge is -2.29. The Kier molecular flexibility index (Phi) is 6.03. The summed E-state index contributed by atoms with van der Waals surface area (Å²) in [5.74, 6) is 1.17. The molecule has 2 aromatic rings. The van der Waals surface area contributed by atoms with Gasteiger partial charge in [0, 0.05) is 31.2 Å². The minimum absolute atomic E-state index is 0.0579. The molecule has 1 saturated heterocycles. The van der Waals surface area contributed by atoms with Crippen molar-refractivity contribution >= 4 is 6.03 Å². The van der Waals surface area contributed by atoms with Gasteiger partial charge in [0.2, 0.25) is 5.89 Å². The molecular formula is C18H24N4O3. The average molecular weight is 344 g/mol. The first kappa shape index (κ1) is 17.4. The third-order valence-corrected chi connectivity index (χ3v) is 4.03. The van der Waals surface area contributed by atoms with E-state index in [0.717, 1.165) is 38.4 Å². The van der Waals surface area contributed by atoms with Crippen LogP contribution in [0.5, 0.6) is 0 Å². The number of ether oxygens (including phenoxy) is 1. The monoisotopic (exact) mass is 344 g/mol. The first-order chi connectivity index (χ1) is 12.2. The maximum Gasteiger partial charge on any atom is 0.315 e. The van der Waals surface area contributed by atoms with E-state index >= 15 is 0 Å². The van der Waals surface area contributed by atoms with Crippen LogP contribution in [-0.4, -0.2) is 54.8 Å². The molecule has 1 unspecified atom stereocenters. The highest BCUT2D eigenvalue weighted by Gasteiger charge is 2.15. The van der Waals surface area contributed by atoms with Crippen LogP contribution >= 0.6 is 0 Å². The van der Waals surface area contributed by atoms with Crippen molar-refractivity contribution < 1.29 is 13.9 Å². The Morgan fingerprint density at radius 1 is 1.28 bits per heavy atom. The molecule has 0 bridgehead atoms. The van der Waals surface area contributed by atoms with Crippen molar-refractivity contribution in [3.63, 3.8) is 0 Å². The number of oxazole rings is 1. The number of carbonyl (C=O) groups excluding carboxylic acids is 1. The maximum absolute atomic E-state index is 12.0. The summed E-state index contributed by atoms with van der Waals surface area (Å²) in [4.78, 5) is 18.5. The molecule has 1 aliphatic heterocycles. The number of nitrogens with zero attached hydrogens (tertiary/aromatic N) is 2. The minimum atomic E-state index is -0.222. The second-order valence-corrected chi connectivity index (χ2v) is 6.13. The number of rotatable bonds is 6. The Morgan fingerprint density at radius 3 is 2.80 bits per heavy atom.